The van der Waals surface area contributed by atoms with Crippen molar-refractivity contribution in [1.82, 2.24) is 14.5 Å². The molecule has 2 aliphatic heterocycles. The van der Waals surface area contributed by atoms with Gasteiger partial charge in [-0.3, -0.25) is 4.79 Å². The van der Waals surface area contributed by atoms with Crippen LogP contribution in [0.2, 0.25) is 0 Å². The van der Waals surface area contributed by atoms with Gasteiger partial charge in [-0.2, -0.15) is 4.31 Å². The van der Waals surface area contributed by atoms with E-state index < -0.39 is 10.0 Å². The number of hydrogen-bond acceptors (Lipinski definition) is 5. The molecule has 2 rings (SSSR count). The van der Waals surface area contributed by atoms with Crippen LogP contribution in [0.5, 0.6) is 0 Å². The third-order valence-corrected chi connectivity index (χ3v) is 5.09. The summed E-state index contributed by atoms with van der Waals surface area (Å²) < 4.78 is 29.8. The number of ether oxygens (including phenoxy) is 1. The first-order chi connectivity index (χ1) is 9.47. The first kappa shape index (κ1) is 15.7. The lowest BCUT2D eigenvalue weighted by molar-refractivity contribution is -0.139. The molecular formula is C12H23N3O4S. The van der Waals surface area contributed by atoms with Crippen LogP contribution < -0.4 is 5.32 Å². The van der Waals surface area contributed by atoms with E-state index >= 15 is 0 Å². The molecule has 0 aromatic heterocycles. The van der Waals surface area contributed by atoms with Crippen LogP contribution >= 0.6 is 0 Å². The van der Waals surface area contributed by atoms with Gasteiger partial charge in [0.05, 0.1) is 12.4 Å². The Morgan fingerprint density at radius 2 is 1.80 bits per heavy atom. The molecule has 2 aliphatic rings. The molecule has 1 amide bonds. The normalized spacial score (nSPS) is 22.9. The fraction of sp³-hybridized carbons (Fsp3) is 0.917. The molecule has 8 heteroatoms. The smallest absolute Gasteiger partial charge is 0.248 e. The van der Waals surface area contributed by atoms with Crippen LogP contribution in [0.15, 0.2) is 0 Å². The van der Waals surface area contributed by atoms with Crippen molar-refractivity contribution in [2.24, 2.45) is 0 Å². The van der Waals surface area contributed by atoms with E-state index in [4.69, 9.17) is 4.74 Å². The van der Waals surface area contributed by atoms with E-state index in [1.807, 2.05) is 0 Å². The van der Waals surface area contributed by atoms with Gasteiger partial charge in [0.25, 0.3) is 0 Å². The van der Waals surface area contributed by atoms with Crippen molar-refractivity contribution in [2.45, 2.75) is 18.9 Å². The summed E-state index contributed by atoms with van der Waals surface area (Å²) in [5.74, 6) is -0.0447. The molecule has 7 nitrogen and oxygen atoms in total. The number of rotatable bonds is 4. The van der Waals surface area contributed by atoms with E-state index in [1.54, 1.807) is 4.90 Å². The van der Waals surface area contributed by atoms with Crippen LogP contribution in [0.3, 0.4) is 0 Å². The Hall–Kier alpha value is -0.700. The zero-order valence-corrected chi connectivity index (χ0v) is 12.7. The quantitative estimate of drug-likeness (QED) is 0.710. The molecule has 2 saturated heterocycles. The summed E-state index contributed by atoms with van der Waals surface area (Å²) in [4.78, 5) is 13.7. The third-order valence-electron chi connectivity index (χ3n) is 3.79. The molecular weight excluding hydrogens is 282 g/mol. The van der Waals surface area contributed by atoms with Gasteiger partial charge in [0.1, 0.15) is 6.61 Å². The highest BCUT2D eigenvalue weighted by Gasteiger charge is 2.26. The number of sulfonamides is 1. The molecule has 20 heavy (non-hydrogen) atoms. The number of piperazine rings is 1. The van der Waals surface area contributed by atoms with E-state index in [9.17, 15) is 13.2 Å². The maximum absolute atomic E-state index is 12.0. The number of nitrogens with one attached hydrogen (secondary N) is 1. The van der Waals surface area contributed by atoms with Crippen LogP contribution in [-0.2, 0) is 19.6 Å². The molecule has 0 aromatic carbocycles. The van der Waals surface area contributed by atoms with Crippen LogP contribution in [0.1, 0.15) is 12.8 Å². The molecule has 0 saturated carbocycles. The monoisotopic (exact) mass is 305 g/mol. The molecule has 1 N–H and O–H groups in total. The lowest BCUT2D eigenvalue weighted by Gasteiger charge is -2.33. The summed E-state index contributed by atoms with van der Waals surface area (Å²) in [7, 11) is -3.15. The fourth-order valence-electron chi connectivity index (χ4n) is 2.51. The summed E-state index contributed by atoms with van der Waals surface area (Å²) in [6.45, 7) is 3.61. The summed E-state index contributed by atoms with van der Waals surface area (Å²) in [6.07, 6.45) is 3.24. The highest BCUT2D eigenvalue weighted by molar-refractivity contribution is 7.88. The van der Waals surface area contributed by atoms with Crippen molar-refractivity contribution in [3.05, 3.63) is 0 Å². The van der Waals surface area contributed by atoms with Crippen LogP contribution in [0, 0.1) is 0 Å². The van der Waals surface area contributed by atoms with Gasteiger partial charge >= 0.3 is 0 Å². The summed E-state index contributed by atoms with van der Waals surface area (Å²) in [5.41, 5.74) is 0. The van der Waals surface area contributed by atoms with E-state index in [2.05, 4.69) is 5.32 Å². The molecule has 116 valence electrons. The van der Waals surface area contributed by atoms with Crippen molar-refractivity contribution < 1.29 is 17.9 Å². The third kappa shape index (κ3) is 4.41. The minimum absolute atomic E-state index is 0.0447. The number of piperidine rings is 1. The minimum atomic E-state index is -3.15. The van der Waals surface area contributed by atoms with Crippen molar-refractivity contribution in [1.29, 1.82) is 0 Å². The lowest BCUT2D eigenvalue weighted by Crippen LogP contribution is -2.51. The largest absolute Gasteiger partial charge is 0.368 e. The molecule has 0 aliphatic carbocycles. The van der Waals surface area contributed by atoms with Crippen LogP contribution in [0.25, 0.3) is 0 Å². The Bertz CT molecular complexity index is 426. The van der Waals surface area contributed by atoms with E-state index in [0.29, 0.717) is 26.2 Å². The van der Waals surface area contributed by atoms with Gasteiger partial charge in [0, 0.05) is 26.2 Å². The zero-order chi connectivity index (χ0) is 14.6. The SMILES string of the molecule is CS(=O)(=O)N1CCN(C(=O)COC2CCNCC2)CC1. The number of nitrogens with zero attached hydrogens (tertiary/aromatic N) is 2. The van der Waals surface area contributed by atoms with Crippen molar-refractivity contribution >= 4 is 15.9 Å². The Labute approximate surface area is 120 Å². The van der Waals surface area contributed by atoms with Gasteiger partial charge in [0.15, 0.2) is 0 Å². The molecule has 0 bridgehead atoms. The molecule has 2 heterocycles. The lowest BCUT2D eigenvalue weighted by atomic mass is 10.1. The highest BCUT2D eigenvalue weighted by Crippen LogP contribution is 2.09. The maximum Gasteiger partial charge on any atom is 0.248 e. The molecule has 0 atom stereocenters. The van der Waals surface area contributed by atoms with E-state index in [1.165, 1.54) is 10.6 Å². The molecule has 0 spiro atoms. The predicted octanol–water partition coefficient (Wildman–Crippen LogP) is -1.14. The van der Waals surface area contributed by atoms with Crippen molar-refractivity contribution in [2.75, 3.05) is 52.1 Å². The van der Waals surface area contributed by atoms with Gasteiger partial charge in [-0.15, -0.1) is 0 Å². The minimum Gasteiger partial charge on any atom is -0.368 e. The molecule has 0 unspecified atom stereocenters. The Morgan fingerprint density at radius 3 is 2.35 bits per heavy atom. The van der Waals surface area contributed by atoms with Crippen molar-refractivity contribution in [3.63, 3.8) is 0 Å². The maximum atomic E-state index is 12.0. The summed E-state index contributed by atoms with van der Waals surface area (Å²) in [5, 5.41) is 3.25. The van der Waals surface area contributed by atoms with Gasteiger partial charge in [-0.05, 0) is 25.9 Å². The first-order valence-electron chi connectivity index (χ1n) is 7.02. The fourth-order valence-corrected chi connectivity index (χ4v) is 3.34. The number of carbonyl (C=O) groups excluding carboxylic acids is 1. The Balaban J connectivity index is 1.71. The second-order valence-corrected chi connectivity index (χ2v) is 7.29. The highest BCUT2D eigenvalue weighted by atomic mass is 32.2. The van der Waals surface area contributed by atoms with Gasteiger partial charge < -0.3 is 15.0 Å². The molecule has 0 aromatic rings. The second-order valence-electron chi connectivity index (χ2n) is 5.30. The zero-order valence-electron chi connectivity index (χ0n) is 11.9. The molecule has 0 radical (unpaired) electrons. The van der Waals surface area contributed by atoms with E-state index in [-0.39, 0.29) is 18.6 Å². The van der Waals surface area contributed by atoms with Crippen LogP contribution in [-0.4, -0.2) is 81.8 Å². The number of carbonyl (C=O) groups is 1. The number of hydrogen-bond donors (Lipinski definition) is 1. The average Bonchev–Trinajstić information content (AvgIpc) is 2.45. The van der Waals surface area contributed by atoms with E-state index in [0.717, 1.165) is 25.9 Å². The van der Waals surface area contributed by atoms with Gasteiger partial charge in [-0.1, -0.05) is 0 Å². The topological polar surface area (TPSA) is 79.0 Å². The van der Waals surface area contributed by atoms with Gasteiger partial charge in [0.2, 0.25) is 15.9 Å². The van der Waals surface area contributed by atoms with Crippen LogP contribution in [0.4, 0.5) is 0 Å². The second kappa shape index (κ2) is 6.84. The molecule has 2 fully saturated rings. The first-order valence-corrected chi connectivity index (χ1v) is 8.87. The Morgan fingerprint density at radius 1 is 1.20 bits per heavy atom. The number of amides is 1. The van der Waals surface area contributed by atoms with Gasteiger partial charge in [-0.25, -0.2) is 8.42 Å². The van der Waals surface area contributed by atoms with Crippen molar-refractivity contribution in [3.8, 4) is 0 Å². The average molecular weight is 305 g/mol. The summed E-state index contributed by atoms with van der Waals surface area (Å²) >= 11 is 0. The predicted molar refractivity (Wildman–Crippen MR) is 74.8 cm³/mol. The summed E-state index contributed by atoms with van der Waals surface area (Å²) in [6, 6.07) is 0. The Kier molecular flexibility index (Phi) is 5.36. The standard InChI is InChI=1S/C12H23N3O4S/c1-20(17,18)15-8-6-14(7-9-15)12(16)10-19-11-2-4-13-5-3-11/h11,13H,2-10H2,1H3.